The molecule has 0 spiro atoms. The summed E-state index contributed by atoms with van der Waals surface area (Å²) in [5, 5.41) is 5.86. The average Bonchev–Trinajstić information content (AvgIpc) is 2.74. The summed E-state index contributed by atoms with van der Waals surface area (Å²) in [4.78, 5) is 4.35. The van der Waals surface area contributed by atoms with E-state index in [2.05, 4.69) is 35.5 Å². The fourth-order valence-corrected chi connectivity index (χ4v) is 4.10. The monoisotopic (exact) mass is 264 g/mol. The van der Waals surface area contributed by atoms with Crippen molar-refractivity contribution >= 4 is 11.3 Å². The van der Waals surface area contributed by atoms with E-state index in [0.717, 1.165) is 12.0 Å². The topological polar surface area (TPSA) is 15.3 Å². The van der Waals surface area contributed by atoms with Gasteiger partial charge in [-0.3, -0.25) is 4.90 Å². The molecule has 3 rings (SSSR count). The maximum atomic E-state index is 3.61. The van der Waals surface area contributed by atoms with Crippen LogP contribution >= 0.6 is 11.3 Å². The van der Waals surface area contributed by atoms with Crippen LogP contribution in [0.25, 0.3) is 0 Å². The van der Waals surface area contributed by atoms with Crippen molar-refractivity contribution in [2.45, 2.75) is 51.7 Å². The lowest BCUT2D eigenvalue weighted by Gasteiger charge is -2.46. The van der Waals surface area contributed by atoms with E-state index in [-0.39, 0.29) is 0 Å². The van der Waals surface area contributed by atoms with E-state index in [1.807, 2.05) is 11.3 Å². The number of nitrogens with zero attached hydrogens (tertiary/aromatic N) is 1. The van der Waals surface area contributed by atoms with E-state index in [1.54, 1.807) is 10.4 Å². The van der Waals surface area contributed by atoms with Gasteiger partial charge in [0.2, 0.25) is 0 Å². The van der Waals surface area contributed by atoms with Gasteiger partial charge in [-0.25, -0.2) is 0 Å². The van der Waals surface area contributed by atoms with Crippen LogP contribution in [0.15, 0.2) is 11.4 Å². The number of nitrogens with one attached hydrogen (secondary N) is 1. The van der Waals surface area contributed by atoms with Gasteiger partial charge < -0.3 is 5.32 Å². The predicted octanol–water partition coefficient (Wildman–Crippen LogP) is 2.88. The van der Waals surface area contributed by atoms with Crippen LogP contribution in [0.2, 0.25) is 0 Å². The lowest BCUT2D eigenvalue weighted by atomic mass is 9.77. The molecule has 2 aliphatic rings. The molecule has 3 heteroatoms. The highest BCUT2D eigenvalue weighted by Crippen LogP contribution is 2.35. The minimum Gasteiger partial charge on any atom is -0.314 e. The van der Waals surface area contributed by atoms with Crippen molar-refractivity contribution in [3.05, 3.63) is 21.9 Å². The molecule has 2 atom stereocenters. The number of hydrogen-bond acceptors (Lipinski definition) is 3. The standard InChI is InChI=1S/C15H24N2S/c1-11(2)16-9-12-3-4-14(12)17-7-5-15-13(10-17)6-8-18-15/h6,8,11-12,14,16H,3-5,7,9-10H2,1-2H3. The molecule has 0 bridgehead atoms. The number of rotatable bonds is 4. The van der Waals surface area contributed by atoms with Gasteiger partial charge in [0.05, 0.1) is 0 Å². The third-order valence-electron chi connectivity index (χ3n) is 4.47. The minimum absolute atomic E-state index is 0.621. The molecule has 1 fully saturated rings. The van der Waals surface area contributed by atoms with Crippen LogP contribution in [-0.4, -0.2) is 30.1 Å². The molecule has 1 aliphatic carbocycles. The van der Waals surface area contributed by atoms with E-state index in [4.69, 9.17) is 0 Å². The minimum atomic E-state index is 0.621. The summed E-state index contributed by atoms with van der Waals surface area (Å²) in [5.41, 5.74) is 1.59. The van der Waals surface area contributed by atoms with Gasteiger partial charge in [-0.2, -0.15) is 0 Å². The molecular weight excluding hydrogens is 240 g/mol. The van der Waals surface area contributed by atoms with E-state index in [1.165, 1.54) is 38.9 Å². The van der Waals surface area contributed by atoms with Crippen LogP contribution in [0, 0.1) is 5.92 Å². The Morgan fingerprint density at radius 3 is 3.06 bits per heavy atom. The third kappa shape index (κ3) is 2.49. The number of hydrogen-bond donors (Lipinski definition) is 1. The van der Waals surface area contributed by atoms with Gasteiger partial charge in [0.15, 0.2) is 0 Å². The first-order chi connectivity index (χ1) is 8.74. The Morgan fingerprint density at radius 1 is 1.44 bits per heavy atom. The van der Waals surface area contributed by atoms with Crippen molar-refractivity contribution in [1.29, 1.82) is 0 Å². The SMILES string of the molecule is CC(C)NCC1CCC1N1CCc2sccc2C1. The van der Waals surface area contributed by atoms with Crippen molar-refractivity contribution in [3.8, 4) is 0 Å². The Labute approximate surface area is 114 Å². The molecule has 1 aromatic rings. The Morgan fingerprint density at radius 2 is 2.33 bits per heavy atom. The van der Waals surface area contributed by atoms with Gasteiger partial charge in [-0.15, -0.1) is 11.3 Å². The van der Waals surface area contributed by atoms with Crippen LogP contribution in [-0.2, 0) is 13.0 Å². The maximum absolute atomic E-state index is 3.61. The normalized spacial score (nSPS) is 28.2. The van der Waals surface area contributed by atoms with Gasteiger partial charge in [0.1, 0.15) is 0 Å². The van der Waals surface area contributed by atoms with Gasteiger partial charge >= 0.3 is 0 Å². The molecule has 0 amide bonds. The van der Waals surface area contributed by atoms with Crippen molar-refractivity contribution in [3.63, 3.8) is 0 Å². The smallest absolute Gasteiger partial charge is 0.0247 e. The Bertz CT molecular complexity index is 399. The number of thiophene rings is 1. The molecule has 1 N–H and O–H groups in total. The molecule has 100 valence electrons. The quantitative estimate of drug-likeness (QED) is 0.899. The van der Waals surface area contributed by atoms with Crippen molar-refractivity contribution in [1.82, 2.24) is 10.2 Å². The van der Waals surface area contributed by atoms with Crippen LogP contribution in [0.3, 0.4) is 0 Å². The molecule has 0 saturated heterocycles. The lowest BCUT2D eigenvalue weighted by Crippen LogP contribution is -2.52. The Hall–Kier alpha value is -0.380. The first kappa shape index (κ1) is 12.6. The van der Waals surface area contributed by atoms with Crippen molar-refractivity contribution < 1.29 is 0 Å². The molecule has 1 aromatic heterocycles. The van der Waals surface area contributed by atoms with Gasteiger partial charge in [-0.1, -0.05) is 13.8 Å². The van der Waals surface area contributed by atoms with Crippen LogP contribution in [0.4, 0.5) is 0 Å². The fourth-order valence-electron chi connectivity index (χ4n) is 3.21. The molecule has 0 aromatic carbocycles. The van der Waals surface area contributed by atoms with Crippen LogP contribution < -0.4 is 5.32 Å². The lowest BCUT2D eigenvalue weighted by molar-refractivity contribution is 0.0507. The average molecular weight is 264 g/mol. The van der Waals surface area contributed by atoms with E-state index < -0.39 is 0 Å². The van der Waals surface area contributed by atoms with Crippen LogP contribution in [0.5, 0.6) is 0 Å². The van der Waals surface area contributed by atoms with Crippen molar-refractivity contribution in [2.75, 3.05) is 13.1 Å². The molecule has 2 unspecified atom stereocenters. The summed E-state index contributed by atoms with van der Waals surface area (Å²) >= 11 is 1.94. The molecule has 1 saturated carbocycles. The Balaban J connectivity index is 1.56. The first-order valence-corrected chi connectivity index (χ1v) is 8.14. The summed E-state index contributed by atoms with van der Waals surface area (Å²) in [6.45, 7) is 8.16. The second-order valence-corrected chi connectivity index (χ2v) is 7.06. The van der Waals surface area contributed by atoms with Crippen LogP contribution in [0.1, 0.15) is 37.1 Å². The summed E-state index contributed by atoms with van der Waals surface area (Å²) in [6.07, 6.45) is 4.09. The summed E-state index contributed by atoms with van der Waals surface area (Å²) in [5.74, 6) is 0.882. The second-order valence-electron chi connectivity index (χ2n) is 6.06. The second kappa shape index (κ2) is 5.32. The summed E-state index contributed by atoms with van der Waals surface area (Å²) in [6, 6.07) is 3.78. The maximum Gasteiger partial charge on any atom is 0.0247 e. The van der Waals surface area contributed by atoms with Gasteiger partial charge in [0.25, 0.3) is 0 Å². The highest BCUT2D eigenvalue weighted by molar-refractivity contribution is 7.10. The number of fused-ring (bicyclic) bond motifs is 1. The highest BCUT2D eigenvalue weighted by atomic mass is 32.1. The molecule has 0 radical (unpaired) electrons. The van der Waals surface area contributed by atoms with Crippen molar-refractivity contribution in [2.24, 2.45) is 5.92 Å². The highest BCUT2D eigenvalue weighted by Gasteiger charge is 2.36. The largest absolute Gasteiger partial charge is 0.314 e. The summed E-state index contributed by atoms with van der Waals surface area (Å²) < 4.78 is 0. The fraction of sp³-hybridized carbons (Fsp3) is 0.733. The molecule has 2 heterocycles. The van der Waals surface area contributed by atoms with Gasteiger partial charge in [0, 0.05) is 30.1 Å². The third-order valence-corrected chi connectivity index (χ3v) is 5.49. The molecular formula is C15H24N2S. The zero-order valence-corrected chi connectivity index (χ0v) is 12.3. The molecule has 1 aliphatic heterocycles. The zero-order valence-electron chi connectivity index (χ0n) is 11.5. The zero-order chi connectivity index (χ0) is 12.5. The van der Waals surface area contributed by atoms with E-state index >= 15 is 0 Å². The molecule has 2 nitrogen and oxygen atoms in total. The first-order valence-electron chi connectivity index (χ1n) is 7.26. The van der Waals surface area contributed by atoms with Gasteiger partial charge in [-0.05, 0) is 48.7 Å². The van der Waals surface area contributed by atoms with E-state index in [9.17, 15) is 0 Å². The Kier molecular flexibility index (Phi) is 3.73. The van der Waals surface area contributed by atoms with E-state index in [0.29, 0.717) is 6.04 Å². The predicted molar refractivity (Wildman–Crippen MR) is 78.1 cm³/mol. The summed E-state index contributed by atoms with van der Waals surface area (Å²) in [7, 11) is 0. The molecule has 18 heavy (non-hydrogen) atoms.